The number of benzene rings is 2. The number of carboxylic acids is 1. The topological polar surface area (TPSA) is 134 Å². The summed E-state index contributed by atoms with van der Waals surface area (Å²) in [4.78, 5) is 34.9. The van der Waals surface area contributed by atoms with Crippen LogP contribution >= 0.6 is 0 Å². The number of carboxylic acid groups (broad SMARTS) is 1. The number of nitrogens with one attached hydrogen (secondary N) is 2. The second-order valence-corrected chi connectivity index (χ2v) is 7.70. The van der Waals surface area contributed by atoms with E-state index in [1.807, 2.05) is 36.4 Å². The van der Waals surface area contributed by atoms with E-state index in [-0.39, 0.29) is 38.5 Å². The lowest BCUT2D eigenvalue weighted by Gasteiger charge is -2.17. The highest BCUT2D eigenvalue weighted by molar-refractivity contribution is 5.81. The van der Waals surface area contributed by atoms with Crippen LogP contribution in [0.2, 0.25) is 0 Å². The van der Waals surface area contributed by atoms with E-state index in [1.54, 1.807) is 0 Å². The molecule has 0 saturated heterocycles. The van der Waals surface area contributed by atoms with Gasteiger partial charge in [-0.05, 0) is 22.3 Å². The molecule has 0 saturated carbocycles. The molecule has 2 atom stereocenters. The molecule has 0 radical (unpaired) electrons. The van der Waals surface area contributed by atoms with E-state index in [9.17, 15) is 19.5 Å². The predicted octanol–water partition coefficient (Wildman–Crippen LogP) is 1.88. The van der Waals surface area contributed by atoms with Crippen molar-refractivity contribution >= 4 is 18.0 Å². The van der Waals surface area contributed by atoms with Crippen molar-refractivity contribution < 1.29 is 34.1 Å². The monoisotopic (exact) mass is 456 g/mol. The number of hydrogen-bond acceptors (Lipinski definition) is 6. The minimum atomic E-state index is -1.54. The van der Waals surface area contributed by atoms with Gasteiger partial charge >= 0.3 is 12.1 Å². The van der Waals surface area contributed by atoms with Crippen LogP contribution in [0.4, 0.5) is 4.79 Å². The summed E-state index contributed by atoms with van der Waals surface area (Å²) in [6.45, 7) is 0.340. The molecule has 0 fully saturated rings. The van der Waals surface area contributed by atoms with Gasteiger partial charge in [-0.1, -0.05) is 48.5 Å². The summed E-state index contributed by atoms with van der Waals surface area (Å²) in [6.07, 6.45) is -2.87. The minimum absolute atomic E-state index is 0.00797. The number of carbonyl (C=O) groups excluding carboxylic acids is 2. The van der Waals surface area contributed by atoms with Crippen LogP contribution in [0, 0.1) is 0 Å². The molecule has 1 unspecified atom stereocenters. The molecule has 33 heavy (non-hydrogen) atoms. The van der Waals surface area contributed by atoms with E-state index in [2.05, 4.69) is 22.8 Å². The van der Waals surface area contributed by atoms with E-state index in [1.165, 1.54) is 7.11 Å². The number of aliphatic hydroxyl groups excluding tert-OH is 1. The third kappa shape index (κ3) is 6.09. The molecule has 0 aliphatic heterocycles. The van der Waals surface area contributed by atoms with Gasteiger partial charge in [-0.25, -0.2) is 9.59 Å². The molecule has 0 bridgehead atoms. The molecule has 2 aromatic rings. The average molecular weight is 456 g/mol. The zero-order chi connectivity index (χ0) is 23.8. The van der Waals surface area contributed by atoms with Crippen molar-refractivity contribution in [3.63, 3.8) is 0 Å². The van der Waals surface area contributed by atoms with Gasteiger partial charge in [0.25, 0.3) is 0 Å². The number of ether oxygens (including phenoxy) is 2. The number of hydrogen-bond donors (Lipinski definition) is 4. The molecule has 2 aromatic carbocycles. The molecule has 3 rings (SSSR count). The molecule has 2 amide bonds. The van der Waals surface area contributed by atoms with Crippen LogP contribution < -0.4 is 10.6 Å². The fourth-order valence-electron chi connectivity index (χ4n) is 3.88. The van der Waals surface area contributed by atoms with Gasteiger partial charge in [0.2, 0.25) is 5.91 Å². The Morgan fingerprint density at radius 3 is 2.09 bits per heavy atom. The second-order valence-electron chi connectivity index (χ2n) is 7.70. The molecule has 1 aliphatic rings. The number of carbonyl (C=O) groups is 3. The largest absolute Gasteiger partial charge is 0.479 e. The lowest BCUT2D eigenvalue weighted by molar-refractivity contribution is -0.147. The number of rotatable bonds is 11. The summed E-state index contributed by atoms with van der Waals surface area (Å²) < 4.78 is 10.6. The maximum atomic E-state index is 12.2. The number of methoxy groups -OCH3 is 1. The standard InChI is InChI=1S/C24H28N2O7/c1-32-21(22(28)25-12-10-20(27)23(29)30)11-13-26-24(31)33-14-19-17-8-4-2-6-15(17)16-7-3-5-9-18(16)19/h2-9,19-21,27H,10-14H2,1H3,(H,25,28)(H,26,31)(H,29,30)/t20-,21?/m0/s1. The number of aliphatic carboxylic acids is 1. The van der Waals surface area contributed by atoms with Gasteiger partial charge in [0.1, 0.15) is 12.7 Å². The first-order chi connectivity index (χ1) is 15.9. The summed E-state index contributed by atoms with van der Waals surface area (Å²) in [7, 11) is 1.36. The Morgan fingerprint density at radius 2 is 1.52 bits per heavy atom. The zero-order valence-electron chi connectivity index (χ0n) is 18.3. The van der Waals surface area contributed by atoms with Gasteiger partial charge in [-0.3, -0.25) is 4.79 Å². The molecule has 9 heteroatoms. The van der Waals surface area contributed by atoms with Crippen molar-refractivity contribution in [3.8, 4) is 11.1 Å². The maximum Gasteiger partial charge on any atom is 0.407 e. The van der Waals surface area contributed by atoms with Gasteiger partial charge in [0.15, 0.2) is 6.10 Å². The van der Waals surface area contributed by atoms with Gasteiger partial charge in [-0.2, -0.15) is 0 Å². The number of amides is 2. The first kappa shape index (κ1) is 24.2. The van der Waals surface area contributed by atoms with Gasteiger partial charge in [-0.15, -0.1) is 0 Å². The lowest BCUT2D eigenvalue weighted by atomic mass is 9.98. The normalized spacial score (nSPS) is 14.0. The SMILES string of the molecule is COC(CCNC(=O)OCC1c2ccccc2-c2ccccc21)C(=O)NCC[C@H](O)C(=O)O. The molecule has 176 valence electrons. The number of aliphatic hydroxyl groups is 1. The quantitative estimate of drug-likeness (QED) is 0.406. The Balaban J connectivity index is 1.43. The lowest BCUT2D eigenvalue weighted by Crippen LogP contribution is -2.40. The zero-order valence-corrected chi connectivity index (χ0v) is 18.3. The maximum absolute atomic E-state index is 12.2. The Labute approximate surface area is 191 Å². The summed E-state index contributed by atoms with van der Waals surface area (Å²) in [6, 6.07) is 16.1. The van der Waals surface area contributed by atoms with Crippen LogP contribution in [0.3, 0.4) is 0 Å². The summed E-state index contributed by atoms with van der Waals surface area (Å²) >= 11 is 0. The van der Waals surface area contributed by atoms with Crippen LogP contribution in [0.15, 0.2) is 48.5 Å². The number of fused-ring (bicyclic) bond motifs is 3. The van der Waals surface area contributed by atoms with Gasteiger partial charge in [0.05, 0.1) is 0 Å². The highest BCUT2D eigenvalue weighted by Gasteiger charge is 2.29. The first-order valence-electron chi connectivity index (χ1n) is 10.7. The van der Waals surface area contributed by atoms with Crippen molar-refractivity contribution in [1.29, 1.82) is 0 Å². The predicted molar refractivity (Wildman–Crippen MR) is 120 cm³/mol. The minimum Gasteiger partial charge on any atom is -0.479 e. The van der Waals surface area contributed by atoms with E-state index in [0.29, 0.717) is 0 Å². The molecule has 4 N–H and O–H groups in total. The Kier molecular flexibility index (Phi) is 8.39. The van der Waals surface area contributed by atoms with Crippen LogP contribution in [0.1, 0.15) is 29.9 Å². The van der Waals surface area contributed by atoms with Crippen molar-refractivity contribution in [1.82, 2.24) is 10.6 Å². The Bertz CT molecular complexity index is 949. The highest BCUT2D eigenvalue weighted by atomic mass is 16.5. The van der Waals surface area contributed by atoms with Crippen LogP contribution in [0.25, 0.3) is 11.1 Å². The molecule has 9 nitrogen and oxygen atoms in total. The third-order valence-electron chi connectivity index (χ3n) is 5.60. The fourth-order valence-corrected chi connectivity index (χ4v) is 3.88. The van der Waals surface area contributed by atoms with Crippen molar-refractivity contribution in [3.05, 3.63) is 59.7 Å². The van der Waals surface area contributed by atoms with E-state index in [0.717, 1.165) is 22.3 Å². The molecular weight excluding hydrogens is 428 g/mol. The summed E-state index contributed by atoms with van der Waals surface area (Å²) in [5, 5.41) is 23.0. The number of alkyl carbamates (subject to hydrolysis) is 1. The smallest absolute Gasteiger partial charge is 0.407 e. The van der Waals surface area contributed by atoms with E-state index >= 15 is 0 Å². The Morgan fingerprint density at radius 1 is 0.939 bits per heavy atom. The van der Waals surface area contributed by atoms with Gasteiger partial charge < -0.3 is 30.3 Å². The van der Waals surface area contributed by atoms with Crippen LogP contribution in [-0.4, -0.2) is 67.2 Å². The molecule has 0 spiro atoms. The van der Waals surface area contributed by atoms with Crippen LogP contribution in [-0.2, 0) is 19.1 Å². The van der Waals surface area contributed by atoms with E-state index < -0.39 is 30.2 Å². The van der Waals surface area contributed by atoms with Crippen molar-refractivity contribution in [2.24, 2.45) is 0 Å². The second kappa shape index (κ2) is 11.4. The average Bonchev–Trinajstić information content (AvgIpc) is 3.14. The van der Waals surface area contributed by atoms with E-state index in [4.69, 9.17) is 14.6 Å². The third-order valence-corrected chi connectivity index (χ3v) is 5.60. The van der Waals surface area contributed by atoms with Crippen molar-refractivity contribution in [2.45, 2.75) is 31.0 Å². The Hall–Kier alpha value is -3.43. The fraction of sp³-hybridized carbons (Fsp3) is 0.375. The van der Waals surface area contributed by atoms with Crippen LogP contribution in [0.5, 0.6) is 0 Å². The summed E-state index contributed by atoms with van der Waals surface area (Å²) in [5.74, 6) is -1.84. The highest BCUT2D eigenvalue weighted by Crippen LogP contribution is 2.44. The first-order valence-corrected chi connectivity index (χ1v) is 10.7. The van der Waals surface area contributed by atoms with Crippen molar-refractivity contribution in [2.75, 3.05) is 26.8 Å². The molecular formula is C24H28N2O7. The molecule has 1 aliphatic carbocycles. The van der Waals surface area contributed by atoms with Gasteiger partial charge in [0, 0.05) is 39.0 Å². The molecule has 0 heterocycles. The summed E-state index contributed by atoms with van der Waals surface area (Å²) in [5.41, 5.74) is 4.53. The molecule has 0 aromatic heterocycles.